The van der Waals surface area contributed by atoms with Gasteiger partial charge in [0.2, 0.25) is 5.84 Å². The maximum atomic E-state index is 10.7. The van der Waals surface area contributed by atoms with E-state index in [1.807, 2.05) is 4.90 Å². The molecular formula is C13H15N7O4. The van der Waals surface area contributed by atoms with Crippen LogP contribution < -0.4 is 10.6 Å². The van der Waals surface area contributed by atoms with Gasteiger partial charge in [0.25, 0.3) is 5.69 Å². The Balaban J connectivity index is 1.67. The van der Waals surface area contributed by atoms with Crippen molar-refractivity contribution in [2.45, 2.75) is 0 Å². The van der Waals surface area contributed by atoms with Crippen molar-refractivity contribution < 1.29 is 14.8 Å². The molecular weight excluding hydrogens is 318 g/mol. The lowest BCUT2D eigenvalue weighted by Gasteiger charge is -2.36. The highest BCUT2D eigenvalue weighted by atomic mass is 16.6. The van der Waals surface area contributed by atoms with Crippen LogP contribution in [0.3, 0.4) is 0 Å². The third kappa shape index (κ3) is 2.91. The van der Waals surface area contributed by atoms with Gasteiger partial charge in [0.1, 0.15) is 0 Å². The SMILES string of the molecule is Nc1nonc1C(=NO)N1CCN(c2ccc([N+](=O)[O-])cc2)CC1. The van der Waals surface area contributed by atoms with Crippen LogP contribution in [0.4, 0.5) is 17.2 Å². The van der Waals surface area contributed by atoms with Crippen LogP contribution >= 0.6 is 0 Å². The van der Waals surface area contributed by atoms with Crippen LogP contribution in [-0.4, -0.2) is 57.4 Å². The molecule has 0 unspecified atom stereocenters. The average Bonchev–Trinajstić information content (AvgIpc) is 3.02. The van der Waals surface area contributed by atoms with Crippen LogP contribution in [0.2, 0.25) is 0 Å². The van der Waals surface area contributed by atoms with Crippen LogP contribution in [0, 0.1) is 10.1 Å². The number of nitrogens with zero attached hydrogens (tertiary/aromatic N) is 6. The second-order valence-electron chi connectivity index (χ2n) is 5.17. The van der Waals surface area contributed by atoms with E-state index >= 15 is 0 Å². The molecule has 3 rings (SSSR count). The van der Waals surface area contributed by atoms with Gasteiger partial charge in [0, 0.05) is 44.0 Å². The van der Waals surface area contributed by atoms with Crippen molar-refractivity contribution >= 4 is 23.0 Å². The van der Waals surface area contributed by atoms with Gasteiger partial charge in [-0.2, -0.15) is 0 Å². The third-order valence-electron chi connectivity index (χ3n) is 3.83. The standard InChI is InChI=1S/C13H15N7O4/c14-12-11(16-24-17-12)13(15-21)19-7-5-18(6-8-19)9-1-3-10(4-2-9)20(22)23/h1-4,21H,5-8H2,(H2,14,17). The Morgan fingerprint density at radius 2 is 1.92 bits per heavy atom. The first-order valence-electron chi connectivity index (χ1n) is 7.15. The fraction of sp³-hybridized carbons (Fsp3) is 0.308. The number of rotatable bonds is 3. The highest BCUT2D eigenvalue weighted by Gasteiger charge is 2.25. The number of piperazine rings is 1. The Morgan fingerprint density at radius 3 is 2.42 bits per heavy atom. The lowest BCUT2D eigenvalue weighted by molar-refractivity contribution is -0.384. The van der Waals surface area contributed by atoms with E-state index in [4.69, 9.17) is 5.73 Å². The van der Waals surface area contributed by atoms with Crippen molar-refractivity contribution in [2.24, 2.45) is 5.16 Å². The molecule has 24 heavy (non-hydrogen) atoms. The van der Waals surface area contributed by atoms with Gasteiger partial charge in [0.15, 0.2) is 11.5 Å². The maximum absolute atomic E-state index is 10.7. The number of aromatic nitrogens is 2. The monoisotopic (exact) mass is 333 g/mol. The van der Waals surface area contributed by atoms with E-state index < -0.39 is 4.92 Å². The van der Waals surface area contributed by atoms with Gasteiger partial charge in [-0.1, -0.05) is 5.16 Å². The molecule has 2 aromatic rings. The Bertz CT molecular complexity index is 750. The molecule has 0 aliphatic carbocycles. The first-order chi connectivity index (χ1) is 11.6. The molecule has 0 bridgehead atoms. The summed E-state index contributed by atoms with van der Waals surface area (Å²) in [5, 5.41) is 30.3. The van der Waals surface area contributed by atoms with Crippen molar-refractivity contribution in [3.63, 3.8) is 0 Å². The zero-order valence-electron chi connectivity index (χ0n) is 12.6. The lowest BCUT2D eigenvalue weighted by atomic mass is 10.2. The second kappa shape index (κ2) is 6.40. The fourth-order valence-electron chi connectivity index (χ4n) is 2.57. The number of non-ortho nitro benzene ring substituents is 1. The number of nitrogen functional groups attached to an aromatic ring is 1. The molecule has 0 amide bonds. The summed E-state index contributed by atoms with van der Waals surface area (Å²) in [6.07, 6.45) is 0. The molecule has 1 aromatic carbocycles. The summed E-state index contributed by atoms with van der Waals surface area (Å²) in [7, 11) is 0. The summed E-state index contributed by atoms with van der Waals surface area (Å²) in [6, 6.07) is 6.39. The fourth-order valence-corrected chi connectivity index (χ4v) is 2.57. The summed E-state index contributed by atoms with van der Waals surface area (Å²) in [4.78, 5) is 14.2. The number of nitrogens with two attached hydrogens (primary N) is 1. The Morgan fingerprint density at radius 1 is 1.25 bits per heavy atom. The van der Waals surface area contributed by atoms with Crippen LogP contribution in [0.5, 0.6) is 0 Å². The van der Waals surface area contributed by atoms with Gasteiger partial charge >= 0.3 is 0 Å². The molecule has 2 heterocycles. The summed E-state index contributed by atoms with van der Waals surface area (Å²) in [5.74, 6) is 0.262. The molecule has 0 spiro atoms. The lowest BCUT2D eigenvalue weighted by Crippen LogP contribution is -2.49. The third-order valence-corrected chi connectivity index (χ3v) is 3.83. The first kappa shape index (κ1) is 15.5. The quantitative estimate of drug-likeness (QED) is 0.269. The molecule has 0 saturated carbocycles. The Labute approximate surface area is 136 Å². The van der Waals surface area contributed by atoms with E-state index in [-0.39, 0.29) is 23.0 Å². The number of nitro groups is 1. The molecule has 1 aliphatic heterocycles. The molecule has 0 radical (unpaired) electrons. The molecule has 11 nitrogen and oxygen atoms in total. The van der Waals surface area contributed by atoms with E-state index in [1.165, 1.54) is 12.1 Å². The number of nitro benzene ring substituents is 1. The number of hydrogen-bond acceptors (Lipinski definition) is 9. The van der Waals surface area contributed by atoms with Crippen LogP contribution in [0.15, 0.2) is 34.1 Å². The Kier molecular flexibility index (Phi) is 4.14. The summed E-state index contributed by atoms with van der Waals surface area (Å²) < 4.78 is 4.53. The summed E-state index contributed by atoms with van der Waals surface area (Å²) in [5.41, 5.74) is 6.78. The van der Waals surface area contributed by atoms with E-state index in [9.17, 15) is 15.3 Å². The number of anilines is 2. The van der Waals surface area contributed by atoms with E-state index in [0.717, 1.165) is 5.69 Å². The van der Waals surface area contributed by atoms with Crippen molar-refractivity contribution in [3.05, 3.63) is 40.1 Å². The predicted octanol–water partition coefficient (Wildman–Crippen LogP) is 0.518. The number of benzene rings is 1. The Hall–Kier alpha value is -3.37. The molecule has 3 N–H and O–H groups in total. The van der Waals surface area contributed by atoms with Gasteiger partial charge < -0.3 is 20.7 Å². The highest BCUT2D eigenvalue weighted by Crippen LogP contribution is 2.21. The number of amidine groups is 1. The molecule has 126 valence electrons. The average molecular weight is 333 g/mol. The van der Waals surface area contributed by atoms with Crippen LogP contribution in [-0.2, 0) is 0 Å². The topological polar surface area (TPSA) is 147 Å². The zero-order chi connectivity index (χ0) is 17.1. The number of oxime groups is 1. The first-order valence-corrected chi connectivity index (χ1v) is 7.15. The summed E-state index contributed by atoms with van der Waals surface area (Å²) >= 11 is 0. The normalized spacial score (nSPS) is 15.6. The molecule has 1 aliphatic rings. The van der Waals surface area contributed by atoms with Crippen molar-refractivity contribution in [2.75, 3.05) is 36.8 Å². The maximum Gasteiger partial charge on any atom is 0.269 e. The molecule has 1 saturated heterocycles. The minimum absolute atomic E-state index is 0.0561. The van der Waals surface area contributed by atoms with E-state index in [2.05, 4.69) is 25.0 Å². The van der Waals surface area contributed by atoms with Crippen LogP contribution in [0.1, 0.15) is 5.69 Å². The molecule has 1 aromatic heterocycles. The van der Waals surface area contributed by atoms with E-state index in [1.54, 1.807) is 12.1 Å². The van der Waals surface area contributed by atoms with Gasteiger partial charge in [-0.25, -0.2) is 4.63 Å². The van der Waals surface area contributed by atoms with Gasteiger partial charge in [0.05, 0.1) is 4.92 Å². The van der Waals surface area contributed by atoms with Gasteiger partial charge in [-0.3, -0.25) is 10.1 Å². The highest BCUT2D eigenvalue weighted by molar-refractivity contribution is 6.00. The molecule has 0 atom stereocenters. The minimum Gasteiger partial charge on any atom is -0.409 e. The van der Waals surface area contributed by atoms with Crippen molar-refractivity contribution in [3.8, 4) is 0 Å². The van der Waals surface area contributed by atoms with Crippen molar-refractivity contribution in [1.29, 1.82) is 0 Å². The van der Waals surface area contributed by atoms with Gasteiger partial charge in [-0.15, -0.1) is 0 Å². The zero-order valence-corrected chi connectivity index (χ0v) is 12.6. The summed E-state index contributed by atoms with van der Waals surface area (Å²) in [6.45, 7) is 2.40. The van der Waals surface area contributed by atoms with Crippen LogP contribution in [0.25, 0.3) is 0 Å². The van der Waals surface area contributed by atoms with Gasteiger partial charge in [-0.05, 0) is 22.4 Å². The molecule has 11 heteroatoms. The van der Waals surface area contributed by atoms with E-state index in [0.29, 0.717) is 26.2 Å². The molecule has 1 fully saturated rings. The smallest absolute Gasteiger partial charge is 0.269 e. The van der Waals surface area contributed by atoms with Crippen molar-refractivity contribution in [1.82, 2.24) is 15.2 Å². The second-order valence-corrected chi connectivity index (χ2v) is 5.17. The largest absolute Gasteiger partial charge is 0.409 e. The predicted molar refractivity (Wildman–Crippen MR) is 83.9 cm³/mol. The minimum atomic E-state index is -0.429. The number of hydrogen-bond donors (Lipinski definition) is 2.